The van der Waals surface area contributed by atoms with Gasteiger partial charge in [0, 0.05) is 16.7 Å². The zero-order valence-corrected chi connectivity index (χ0v) is 13.8. The average Bonchev–Trinajstić information content (AvgIpc) is 2.46. The third-order valence-corrected chi connectivity index (χ3v) is 3.53. The van der Waals surface area contributed by atoms with Gasteiger partial charge in [0.25, 0.3) is 0 Å². The molecule has 2 amide bonds. The van der Waals surface area contributed by atoms with Gasteiger partial charge in [-0.3, -0.25) is 9.59 Å². The molecule has 22 heavy (non-hydrogen) atoms. The van der Waals surface area contributed by atoms with E-state index in [1.54, 1.807) is 12.1 Å². The van der Waals surface area contributed by atoms with Gasteiger partial charge in [-0.2, -0.15) is 0 Å². The summed E-state index contributed by atoms with van der Waals surface area (Å²) in [5.74, 6) is -0.632. The molecule has 0 atom stereocenters. The molecule has 4 nitrogen and oxygen atoms in total. The van der Waals surface area contributed by atoms with E-state index in [2.05, 4.69) is 26.6 Å². The first-order valence-corrected chi connectivity index (χ1v) is 7.70. The van der Waals surface area contributed by atoms with Gasteiger partial charge >= 0.3 is 0 Å². The molecule has 0 fully saturated rings. The van der Waals surface area contributed by atoms with Crippen molar-refractivity contribution in [1.82, 2.24) is 5.32 Å². The fraction of sp³-hybridized carbons (Fsp3) is 0.176. The van der Waals surface area contributed by atoms with Crippen molar-refractivity contribution < 1.29 is 9.59 Å². The maximum absolute atomic E-state index is 11.8. The molecule has 0 unspecified atom stereocenters. The van der Waals surface area contributed by atoms with Gasteiger partial charge in [0.05, 0.1) is 0 Å². The van der Waals surface area contributed by atoms with Crippen molar-refractivity contribution in [2.24, 2.45) is 0 Å². The smallest absolute Gasteiger partial charge is 0.233 e. The van der Waals surface area contributed by atoms with Gasteiger partial charge < -0.3 is 10.6 Å². The minimum Gasteiger partial charge on any atom is -0.352 e. The van der Waals surface area contributed by atoms with Crippen molar-refractivity contribution in [1.29, 1.82) is 0 Å². The lowest BCUT2D eigenvalue weighted by Gasteiger charge is -2.07. The van der Waals surface area contributed by atoms with Crippen molar-refractivity contribution in [3.8, 4) is 0 Å². The summed E-state index contributed by atoms with van der Waals surface area (Å²) in [4.78, 5) is 23.6. The van der Waals surface area contributed by atoms with Gasteiger partial charge in [0.1, 0.15) is 6.42 Å². The molecular formula is C17H17BrN2O2. The number of carbonyl (C=O) groups excluding carboxylic acids is 2. The van der Waals surface area contributed by atoms with Crippen molar-refractivity contribution in [2.45, 2.75) is 19.9 Å². The van der Waals surface area contributed by atoms with E-state index >= 15 is 0 Å². The van der Waals surface area contributed by atoms with Crippen molar-refractivity contribution >= 4 is 33.4 Å². The molecule has 0 saturated heterocycles. The Balaban J connectivity index is 1.79. The predicted octanol–water partition coefficient (Wildman–Crippen LogP) is 3.40. The summed E-state index contributed by atoms with van der Waals surface area (Å²) >= 11 is 3.33. The summed E-state index contributed by atoms with van der Waals surface area (Å²) in [6.45, 7) is 2.43. The maximum atomic E-state index is 11.8. The Kier molecular flexibility index (Phi) is 5.72. The highest BCUT2D eigenvalue weighted by Crippen LogP contribution is 2.15. The van der Waals surface area contributed by atoms with Crippen LogP contribution in [0.4, 0.5) is 5.69 Å². The van der Waals surface area contributed by atoms with Gasteiger partial charge in [0.2, 0.25) is 11.8 Å². The molecule has 0 spiro atoms. The van der Waals surface area contributed by atoms with Gasteiger partial charge in [-0.1, -0.05) is 51.8 Å². The highest BCUT2D eigenvalue weighted by molar-refractivity contribution is 9.10. The van der Waals surface area contributed by atoms with E-state index in [1.807, 2.05) is 43.3 Å². The summed E-state index contributed by atoms with van der Waals surface area (Å²) < 4.78 is 0.870. The molecule has 114 valence electrons. The Hall–Kier alpha value is -2.14. The number of carbonyl (C=O) groups is 2. The Morgan fingerprint density at radius 3 is 2.45 bits per heavy atom. The molecule has 0 heterocycles. The Labute approximate surface area is 138 Å². The first-order valence-electron chi connectivity index (χ1n) is 6.90. The van der Waals surface area contributed by atoms with Crippen LogP contribution in [0, 0.1) is 6.92 Å². The normalized spacial score (nSPS) is 10.1. The zero-order valence-electron chi connectivity index (χ0n) is 12.2. The second-order valence-corrected chi connectivity index (χ2v) is 5.91. The van der Waals surface area contributed by atoms with Gasteiger partial charge in [0.15, 0.2) is 0 Å². The number of benzene rings is 2. The van der Waals surface area contributed by atoms with Crippen LogP contribution in [0.15, 0.2) is 53.0 Å². The van der Waals surface area contributed by atoms with Crippen LogP contribution in [0.25, 0.3) is 0 Å². The molecule has 0 aliphatic rings. The van der Waals surface area contributed by atoms with E-state index in [-0.39, 0.29) is 18.2 Å². The standard InChI is InChI=1S/C17H17BrN2O2/c1-12-5-7-13(8-6-12)11-19-16(21)10-17(22)20-15-4-2-3-14(18)9-15/h2-9H,10-11H2,1H3,(H,19,21)(H,20,22). The molecular weight excluding hydrogens is 344 g/mol. The van der Waals surface area contributed by atoms with Crippen LogP contribution in [0.1, 0.15) is 17.5 Å². The minimum absolute atomic E-state index is 0.196. The average molecular weight is 361 g/mol. The largest absolute Gasteiger partial charge is 0.352 e. The number of anilines is 1. The van der Waals surface area contributed by atoms with Crippen LogP contribution >= 0.6 is 15.9 Å². The summed E-state index contributed by atoms with van der Waals surface area (Å²) in [5.41, 5.74) is 2.83. The van der Waals surface area contributed by atoms with Crippen LogP contribution in [0.2, 0.25) is 0 Å². The molecule has 0 aromatic heterocycles. The molecule has 0 aliphatic carbocycles. The topological polar surface area (TPSA) is 58.2 Å². The molecule has 0 radical (unpaired) electrons. The fourth-order valence-electron chi connectivity index (χ4n) is 1.89. The van der Waals surface area contributed by atoms with Crippen LogP contribution in [0.5, 0.6) is 0 Å². The van der Waals surface area contributed by atoms with Gasteiger partial charge in [-0.15, -0.1) is 0 Å². The number of amides is 2. The fourth-order valence-corrected chi connectivity index (χ4v) is 2.29. The zero-order chi connectivity index (χ0) is 15.9. The third kappa shape index (κ3) is 5.33. The second-order valence-electron chi connectivity index (χ2n) is 5.00. The summed E-state index contributed by atoms with van der Waals surface area (Å²) in [6.07, 6.45) is -0.196. The van der Waals surface area contributed by atoms with E-state index < -0.39 is 0 Å². The second kappa shape index (κ2) is 7.75. The minimum atomic E-state index is -0.334. The summed E-state index contributed by atoms with van der Waals surface area (Å²) in [7, 11) is 0. The van der Waals surface area contributed by atoms with Gasteiger partial charge in [-0.05, 0) is 30.7 Å². The van der Waals surface area contributed by atoms with Crippen LogP contribution < -0.4 is 10.6 Å². The number of hydrogen-bond donors (Lipinski definition) is 2. The van der Waals surface area contributed by atoms with E-state index in [0.717, 1.165) is 10.0 Å². The van der Waals surface area contributed by atoms with E-state index in [9.17, 15) is 9.59 Å². The highest BCUT2D eigenvalue weighted by Gasteiger charge is 2.09. The van der Waals surface area contributed by atoms with Crippen molar-refractivity contribution in [3.63, 3.8) is 0 Å². The predicted molar refractivity (Wildman–Crippen MR) is 90.4 cm³/mol. The molecule has 0 saturated carbocycles. The molecule has 0 aliphatic heterocycles. The SMILES string of the molecule is Cc1ccc(CNC(=O)CC(=O)Nc2cccc(Br)c2)cc1. The summed E-state index contributed by atoms with van der Waals surface area (Å²) in [6, 6.07) is 15.1. The van der Waals surface area contributed by atoms with E-state index in [4.69, 9.17) is 0 Å². The molecule has 2 N–H and O–H groups in total. The Bertz CT molecular complexity index is 669. The van der Waals surface area contributed by atoms with Crippen molar-refractivity contribution in [3.05, 3.63) is 64.1 Å². The number of rotatable bonds is 5. The first-order chi connectivity index (χ1) is 10.5. The first kappa shape index (κ1) is 16.2. The third-order valence-electron chi connectivity index (χ3n) is 3.04. The number of halogens is 1. The lowest BCUT2D eigenvalue weighted by molar-refractivity contribution is -0.126. The van der Waals surface area contributed by atoms with Crippen LogP contribution in [-0.2, 0) is 16.1 Å². The monoisotopic (exact) mass is 360 g/mol. The Morgan fingerprint density at radius 2 is 1.77 bits per heavy atom. The van der Waals surface area contributed by atoms with Crippen LogP contribution in [-0.4, -0.2) is 11.8 Å². The Morgan fingerprint density at radius 1 is 1.05 bits per heavy atom. The summed E-state index contributed by atoms with van der Waals surface area (Å²) in [5, 5.41) is 5.43. The van der Waals surface area contributed by atoms with Crippen LogP contribution in [0.3, 0.4) is 0 Å². The molecule has 2 aromatic rings. The number of nitrogens with one attached hydrogen (secondary N) is 2. The number of hydrogen-bond acceptors (Lipinski definition) is 2. The molecule has 5 heteroatoms. The van der Waals surface area contributed by atoms with E-state index in [0.29, 0.717) is 12.2 Å². The number of aryl methyl sites for hydroxylation is 1. The molecule has 0 bridgehead atoms. The lowest BCUT2D eigenvalue weighted by Crippen LogP contribution is -2.27. The molecule has 2 aromatic carbocycles. The van der Waals surface area contributed by atoms with E-state index in [1.165, 1.54) is 5.56 Å². The van der Waals surface area contributed by atoms with Gasteiger partial charge in [-0.25, -0.2) is 0 Å². The lowest BCUT2D eigenvalue weighted by atomic mass is 10.1. The maximum Gasteiger partial charge on any atom is 0.233 e. The highest BCUT2D eigenvalue weighted by atomic mass is 79.9. The quantitative estimate of drug-likeness (QED) is 0.802. The van der Waals surface area contributed by atoms with Crippen molar-refractivity contribution in [2.75, 3.05) is 5.32 Å². The molecule has 2 rings (SSSR count).